The van der Waals surface area contributed by atoms with Crippen LogP contribution in [-0.2, 0) is 19.1 Å². The highest BCUT2D eigenvalue weighted by Gasteiger charge is 2.19. The molecule has 0 saturated heterocycles. The van der Waals surface area contributed by atoms with Crippen molar-refractivity contribution in [1.29, 1.82) is 5.41 Å². The average molecular weight is 206 g/mol. The van der Waals surface area contributed by atoms with Crippen LogP contribution in [0.4, 0.5) is 4.39 Å². The molecule has 0 aromatic carbocycles. The highest BCUT2D eigenvalue weighted by molar-refractivity contribution is 6.63. The molecule has 0 radical (unpaired) electrons. The van der Waals surface area contributed by atoms with E-state index in [-0.39, 0.29) is 6.61 Å². The van der Waals surface area contributed by atoms with E-state index in [4.69, 9.17) is 5.41 Å². The van der Waals surface area contributed by atoms with Crippen LogP contribution in [0.25, 0.3) is 0 Å². The number of hydrogen-bond donors (Lipinski definition) is 1. The van der Waals surface area contributed by atoms with Crippen LogP contribution in [-0.4, -0.2) is 45.1 Å². The SMILES string of the molecule is COC(=N)/C(=N/OCCF)C(=O)OC. The van der Waals surface area contributed by atoms with Crippen molar-refractivity contribution < 1.29 is 23.5 Å². The van der Waals surface area contributed by atoms with Crippen molar-refractivity contribution in [3.63, 3.8) is 0 Å². The molecule has 1 N–H and O–H groups in total. The maximum absolute atomic E-state index is 11.6. The molecule has 0 rings (SSSR count). The third-order valence-corrected chi connectivity index (χ3v) is 1.12. The summed E-state index contributed by atoms with van der Waals surface area (Å²) < 4.78 is 20.4. The number of esters is 1. The second-order valence-electron chi connectivity index (χ2n) is 1.99. The molecule has 0 atom stereocenters. The Bertz CT molecular complexity index is 224. The van der Waals surface area contributed by atoms with Crippen molar-refractivity contribution in [3.8, 4) is 0 Å². The van der Waals surface area contributed by atoms with Gasteiger partial charge in [0, 0.05) is 0 Å². The fraction of sp³-hybridized carbons (Fsp3) is 0.571. The molecule has 0 amide bonds. The van der Waals surface area contributed by atoms with Crippen LogP contribution < -0.4 is 0 Å². The van der Waals surface area contributed by atoms with Gasteiger partial charge in [-0.3, -0.25) is 5.41 Å². The number of methoxy groups -OCH3 is 2. The number of nitrogens with one attached hydrogen (secondary N) is 1. The largest absolute Gasteiger partial charge is 0.480 e. The first-order valence-electron chi connectivity index (χ1n) is 3.64. The van der Waals surface area contributed by atoms with Gasteiger partial charge >= 0.3 is 5.97 Å². The third kappa shape index (κ3) is 3.83. The van der Waals surface area contributed by atoms with Crippen molar-refractivity contribution in [3.05, 3.63) is 0 Å². The Morgan fingerprint density at radius 2 is 2.07 bits per heavy atom. The van der Waals surface area contributed by atoms with Crippen molar-refractivity contribution in [2.24, 2.45) is 5.16 Å². The third-order valence-electron chi connectivity index (χ3n) is 1.12. The number of oxime groups is 1. The number of carbonyl (C=O) groups is 1. The van der Waals surface area contributed by atoms with Crippen LogP contribution in [0.3, 0.4) is 0 Å². The molecule has 0 saturated carbocycles. The molecule has 7 heteroatoms. The molecule has 0 aliphatic carbocycles. The molecule has 0 bridgehead atoms. The monoisotopic (exact) mass is 206 g/mol. The lowest BCUT2D eigenvalue weighted by molar-refractivity contribution is -0.132. The summed E-state index contributed by atoms with van der Waals surface area (Å²) in [5.41, 5.74) is -0.441. The van der Waals surface area contributed by atoms with Crippen LogP contribution in [0.15, 0.2) is 5.16 Å². The maximum atomic E-state index is 11.6. The first kappa shape index (κ1) is 12.3. The first-order chi connectivity index (χ1) is 6.67. The molecule has 0 fully saturated rings. The topological polar surface area (TPSA) is 81.0 Å². The van der Waals surface area contributed by atoms with Crippen LogP contribution in [0.2, 0.25) is 0 Å². The van der Waals surface area contributed by atoms with E-state index in [0.29, 0.717) is 0 Å². The normalized spacial score (nSPS) is 10.6. The van der Waals surface area contributed by atoms with Gasteiger partial charge in [0.1, 0.15) is 13.3 Å². The van der Waals surface area contributed by atoms with Gasteiger partial charge in [0.2, 0.25) is 11.6 Å². The van der Waals surface area contributed by atoms with Gasteiger partial charge in [0.25, 0.3) is 0 Å². The van der Waals surface area contributed by atoms with Crippen molar-refractivity contribution in [2.45, 2.75) is 0 Å². The van der Waals surface area contributed by atoms with E-state index in [2.05, 4.69) is 19.5 Å². The van der Waals surface area contributed by atoms with Gasteiger partial charge in [-0.25, -0.2) is 9.18 Å². The highest BCUT2D eigenvalue weighted by Crippen LogP contribution is 1.90. The number of carbonyl (C=O) groups excluding carboxylic acids is 1. The standard InChI is InChI=1S/C7H11FN2O4/c1-12-6(9)5(7(11)13-2)10-14-4-3-8/h9H,3-4H2,1-2H3/b9-6?,10-5-. The second kappa shape index (κ2) is 6.81. The molecule has 0 aliphatic rings. The fourth-order valence-corrected chi connectivity index (χ4v) is 0.509. The fourth-order valence-electron chi connectivity index (χ4n) is 0.509. The predicted molar refractivity (Wildman–Crippen MR) is 46.1 cm³/mol. The smallest absolute Gasteiger partial charge is 0.365 e. The summed E-state index contributed by atoms with van der Waals surface area (Å²) in [4.78, 5) is 15.3. The zero-order chi connectivity index (χ0) is 11.0. The molecular weight excluding hydrogens is 195 g/mol. The number of rotatable bonds is 5. The molecule has 14 heavy (non-hydrogen) atoms. The molecular formula is C7H11FN2O4. The van der Waals surface area contributed by atoms with Crippen molar-refractivity contribution in [1.82, 2.24) is 0 Å². The summed E-state index contributed by atoms with van der Waals surface area (Å²) in [5, 5.41) is 10.3. The second-order valence-corrected chi connectivity index (χ2v) is 1.99. The molecule has 0 heterocycles. The Labute approximate surface area is 80.1 Å². The van der Waals surface area contributed by atoms with Crippen LogP contribution in [0.5, 0.6) is 0 Å². The molecule has 0 spiro atoms. The summed E-state index contributed by atoms with van der Waals surface area (Å²) in [7, 11) is 2.31. The minimum absolute atomic E-state index is 0.294. The van der Waals surface area contributed by atoms with Crippen LogP contribution in [0, 0.1) is 5.41 Å². The van der Waals surface area contributed by atoms with Crippen molar-refractivity contribution in [2.75, 3.05) is 27.5 Å². The summed E-state index contributed by atoms with van der Waals surface area (Å²) in [6.07, 6.45) is 0. The van der Waals surface area contributed by atoms with Gasteiger partial charge in [-0.05, 0) is 0 Å². The van der Waals surface area contributed by atoms with Gasteiger partial charge in [-0.1, -0.05) is 5.16 Å². The van der Waals surface area contributed by atoms with E-state index in [1.807, 2.05) is 0 Å². The Morgan fingerprint density at radius 1 is 1.43 bits per heavy atom. The van der Waals surface area contributed by atoms with E-state index in [9.17, 15) is 9.18 Å². The summed E-state index contributed by atoms with van der Waals surface area (Å²) in [5.74, 6) is -1.38. The Morgan fingerprint density at radius 3 is 2.50 bits per heavy atom. The molecule has 0 aliphatic heterocycles. The van der Waals surface area contributed by atoms with Gasteiger partial charge in [0.15, 0.2) is 0 Å². The number of halogens is 1. The summed E-state index contributed by atoms with van der Waals surface area (Å²) in [6.45, 7) is -1.03. The Hall–Kier alpha value is -1.66. The number of nitrogens with zero attached hydrogens (tertiary/aromatic N) is 1. The molecule has 0 unspecified atom stereocenters. The van der Waals surface area contributed by atoms with Gasteiger partial charge in [0.05, 0.1) is 14.2 Å². The van der Waals surface area contributed by atoms with Crippen LogP contribution in [0.1, 0.15) is 0 Å². The molecule has 0 aromatic rings. The number of ether oxygens (including phenoxy) is 2. The zero-order valence-electron chi connectivity index (χ0n) is 7.87. The molecule has 6 nitrogen and oxygen atoms in total. The molecule has 80 valence electrons. The lowest BCUT2D eigenvalue weighted by Crippen LogP contribution is -2.26. The first-order valence-corrected chi connectivity index (χ1v) is 3.64. The minimum atomic E-state index is -0.879. The van der Waals surface area contributed by atoms with E-state index in [1.54, 1.807) is 0 Å². The number of hydrogen-bond acceptors (Lipinski definition) is 6. The summed E-state index contributed by atoms with van der Waals surface area (Å²) in [6, 6.07) is 0. The molecule has 0 aromatic heterocycles. The maximum Gasteiger partial charge on any atom is 0.365 e. The van der Waals surface area contributed by atoms with E-state index in [1.165, 1.54) is 7.11 Å². The highest BCUT2D eigenvalue weighted by atomic mass is 19.1. The van der Waals surface area contributed by atoms with Gasteiger partial charge < -0.3 is 14.3 Å². The van der Waals surface area contributed by atoms with Crippen LogP contribution >= 0.6 is 0 Å². The van der Waals surface area contributed by atoms with E-state index >= 15 is 0 Å². The quantitative estimate of drug-likeness (QED) is 0.228. The van der Waals surface area contributed by atoms with Gasteiger partial charge in [-0.2, -0.15) is 0 Å². The van der Waals surface area contributed by atoms with E-state index < -0.39 is 24.3 Å². The minimum Gasteiger partial charge on any atom is -0.480 e. The predicted octanol–water partition coefficient (Wildman–Crippen LogP) is 0.125. The number of alkyl halides is 1. The van der Waals surface area contributed by atoms with Crippen molar-refractivity contribution >= 4 is 17.6 Å². The van der Waals surface area contributed by atoms with E-state index in [0.717, 1.165) is 7.11 Å². The lowest BCUT2D eigenvalue weighted by Gasteiger charge is -2.03. The van der Waals surface area contributed by atoms with Gasteiger partial charge in [-0.15, -0.1) is 0 Å². The Kier molecular flexibility index (Phi) is 6.01. The average Bonchev–Trinajstić information content (AvgIpc) is 2.22. The zero-order valence-corrected chi connectivity index (χ0v) is 7.87. The Balaban J connectivity index is 4.46. The lowest BCUT2D eigenvalue weighted by atomic mass is 10.4. The summed E-state index contributed by atoms with van der Waals surface area (Å²) >= 11 is 0.